The summed E-state index contributed by atoms with van der Waals surface area (Å²) in [7, 11) is 0. The Hall–Kier alpha value is -2.89. The van der Waals surface area contributed by atoms with E-state index in [1.165, 1.54) is 116 Å². The fraction of sp³-hybridized carbons (Fsp3) is 0.723. The first-order valence-corrected chi connectivity index (χ1v) is 22.0. The van der Waals surface area contributed by atoms with Crippen molar-refractivity contribution in [3.05, 3.63) is 60.2 Å². The maximum absolute atomic E-state index is 13.2. The number of rotatable bonds is 37. The normalized spacial score (nSPS) is 11.4. The van der Waals surface area contributed by atoms with Crippen LogP contribution in [0.2, 0.25) is 0 Å². The smallest absolute Gasteiger partial charge is 0.305 e. The molecule has 0 spiro atoms. The quantitative estimate of drug-likeness (QED) is 0.0386. The highest BCUT2D eigenvalue weighted by Gasteiger charge is 2.17. The van der Waals surface area contributed by atoms with Crippen molar-refractivity contribution >= 4 is 17.8 Å². The molecule has 0 saturated heterocycles. The van der Waals surface area contributed by atoms with E-state index in [9.17, 15) is 14.4 Å². The zero-order chi connectivity index (χ0) is 38.3. The van der Waals surface area contributed by atoms with E-state index in [0.29, 0.717) is 18.4 Å². The molecule has 1 aromatic carbocycles. The summed E-state index contributed by atoms with van der Waals surface area (Å²) in [4.78, 5) is 39.6. The predicted octanol–water partition coefficient (Wildman–Crippen LogP) is 13.3. The Morgan fingerprint density at radius 2 is 0.811 bits per heavy atom. The number of hydrogen-bond donors (Lipinski definition) is 0. The second-order valence-electron chi connectivity index (χ2n) is 14.8. The number of amides is 1. The summed E-state index contributed by atoms with van der Waals surface area (Å²) in [5, 5.41) is 0. The molecule has 0 aromatic heterocycles. The van der Waals surface area contributed by atoms with Crippen molar-refractivity contribution in [1.29, 1.82) is 0 Å². The Labute approximate surface area is 325 Å². The van der Waals surface area contributed by atoms with Crippen LogP contribution in [0, 0.1) is 0 Å². The molecule has 0 heterocycles. The van der Waals surface area contributed by atoms with Gasteiger partial charge >= 0.3 is 11.9 Å². The van der Waals surface area contributed by atoms with Gasteiger partial charge in [-0.15, -0.1) is 0 Å². The van der Waals surface area contributed by atoms with E-state index in [1.54, 1.807) is 17.0 Å². The zero-order valence-electron chi connectivity index (χ0n) is 34.3. The molecule has 0 saturated carbocycles. The maximum Gasteiger partial charge on any atom is 0.305 e. The molecule has 6 nitrogen and oxygen atoms in total. The number of nitrogens with zero attached hydrogens (tertiary/aromatic N) is 1. The van der Waals surface area contributed by atoms with Crippen molar-refractivity contribution in [2.45, 2.75) is 194 Å². The van der Waals surface area contributed by atoms with Gasteiger partial charge in [0.15, 0.2) is 0 Å². The lowest BCUT2D eigenvalue weighted by molar-refractivity contribution is -0.144. The third kappa shape index (κ3) is 31.2. The molecule has 0 unspecified atom stereocenters. The van der Waals surface area contributed by atoms with E-state index in [0.717, 1.165) is 51.4 Å². The van der Waals surface area contributed by atoms with Crippen LogP contribution in [-0.2, 0) is 19.1 Å². The van der Waals surface area contributed by atoms with Crippen LogP contribution in [0.4, 0.5) is 0 Å². The number of ether oxygens (including phenoxy) is 2. The van der Waals surface area contributed by atoms with Gasteiger partial charge in [-0.2, -0.15) is 0 Å². The highest BCUT2D eigenvalue weighted by Crippen LogP contribution is 2.13. The SMILES string of the molecule is CCCCCCCC/C=C/CCCCCCCC(=O)OCCN(CCOC(=O)CCCCCCC/C=C/CCCCCCCC)C(=O)c1ccccc1. The van der Waals surface area contributed by atoms with Gasteiger partial charge in [0.1, 0.15) is 13.2 Å². The average molecular weight is 738 g/mol. The number of allylic oxidation sites excluding steroid dienone is 4. The van der Waals surface area contributed by atoms with Gasteiger partial charge in [0, 0.05) is 18.4 Å². The summed E-state index contributed by atoms with van der Waals surface area (Å²) < 4.78 is 11.0. The molecule has 1 rings (SSSR count). The Kier molecular flexibility index (Phi) is 34.0. The second-order valence-corrected chi connectivity index (χ2v) is 14.8. The minimum atomic E-state index is -0.221. The fourth-order valence-corrected chi connectivity index (χ4v) is 6.44. The topological polar surface area (TPSA) is 72.9 Å². The zero-order valence-corrected chi connectivity index (χ0v) is 34.3. The van der Waals surface area contributed by atoms with Gasteiger partial charge in [-0.05, 0) is 76.3 Å². The minimum absolute atomic E-state index is 0.130. The molecular weight excluding hydrogens is 659 g/mol. The first-order valence-electron chi connectivity index (χ1n) is 22.0. The van der Waals surface area contributed by atoms with E-state index in [2.05, 4.69) is 38.2 Å². The monoisotopic (exact) mass is 738 g/mol. The van der Waals surface area contributed by atoms with Crippen LogP contribution in [-0.4, -0.2) is 49.0 Å². The number of hydrogen-bond acceptors (Lipinski definition) is 5. The maximum atomic E-state index is 13.2. The van der Waals surface area contributed by atoms with Crippen LogP contribution in [0.5, 0.6) is 0 Å². The van der Waals surface area contributed by atoms with Gasteiger partial charge in [0.2, 0.25) is 0 Å². The second kappa shape index (κ2) is 37.4. The van der Waals surface area contributed by atoms with Crippen molar-refractivity contribution < 1.29 is 23.9 Å². The highest BCUT2D eigenvalue weighted by atomic mass is 16.5. The van der Waals surface area contributed by atoms with Crippen molar-refractivity contribution in [3.63, 3.8) is 0 Å². The molecule has 0 aliphatic rings. The molecule has 0 atom stereocenters. The molecule has 6 heteroatoms. The first-order chi connectivity index (χ1) is 26.1. The fourth-order valence-electron chi connectivity index (χ4n) is 6.44. The molecule has 0 aliphatic heterocycles. The van der Waals surface area contributed by atoms with E-state index in [1.807, 2.05) is 18.2 Å². The van der Waals surface area contributed by atoms with Crippen molar-refractivity contribution in [2.75, 3.05) is 26.3 Å². The molecule has 0 aliphatic carbocycles. The van der Waals surface area contributed by atoms with Crippen LogP contribution < -0.4 is 0 Å². The number of benzene rings is 1. The van der Waals surface area contributed by atoms with Gasteiger partial charge in [0.05, 0.1) is 13.1 Å². The number of unbranched alkanes of at least 4 members (excludes halogenated alkanes) is 22. The largest absolute Gasteiger partial charge is 0.464 e. The highest BCUT2D eigenvalue weighted by molar-refractivity contribution is 5.94. The van der Waals surface area contributed by atoms with E-state index >= 15 is 0 Å². The molecular formula is C47H79NO5. The molecule has 0 bridgehead atoms. The summed E-state index contributed by atoms with van der Waals surface area (Å²) in [6.45, 7) is 5.30. The summed E-state index contributed by atoms with van der Waals surface area (Å²) in [6.07, 6.45) is 41.8. The third-order valence-corrected chi connectivity index (χ3v) is 9.84. The van der Waals surface area contributed by atoms with Crippen molar-refractivity contribution in [2.24, 2.45) is 0 Å². The average Bonchev–Trinajstić information content (AvgIpc) is 3.17. The number of carbonyl (C=O) groups excluding carboxylic acids is 3. The van der Waals surface area contributed by atoms with Gasteiger partial charge < -0.3 is 14.4 Å². The standard InChI is InChI=1S/C47H79NO5/c1-3-5-7-9-11-13-15-17-19-21-23-25-27-29-34-38-45(49)52-42-40-48(47(51)44-36-32-31-33-37-44)41-43-53-46(50)39-35-30-28-26-24-22-20-18-16-14-12-10-8-6-4-2/h17-20,31-33,36-37H,3-16,21-30,34-35,38-43H2,1-2H3/b19-17+,20-18+. The van der Waals surface area contributed by atoms with Crippen LogP contribution in [0.15, 0.2) is 54.6 Å². The van der Waals surface area contributed by atoms with E-state index in [-0.39, 0.29) is 44.1 Å². The van der Waals surface area contributed by atoms with Gasteiger partial charge in [0.25, 0.3) is 5.91 Å². The van der Waals surface area contributed by atoms with Crippen molar-refractivity contribution in [1.82, 2.24) is 4.90 Å². The molecule has 1 amide bonds. The lowest BCUT2D eigenvalue weighted by Crippen LogP contribution is -2.37. The van der Waals surface area contributed by atoms with Crippen LogP contribution in [0.1, 0.15) is 204 Å². The van der Waals surface area contributed by atoms with Crippen LogP contribution >= 0.6 is 0 Å². The molecule has 0 radical (unpaired) electrons. The number of carbonyl (C=O) groups is 3. The van der Waals surface area contributed by atoms with Crippen LogP contribution in [0.25, 0.3) is 0 Å². The Morgan fingerprint density at radius 1 is 0.472 bits per heavy atom. The first kappa shape index (κ1) is 48.1. The summed E-state index contributed by atoms with van der Waals surface area (Å²) in [5.74, 6) is -0.602. The number of esters is 2. The lowest BCUT2D eigenvalue weighted by Gasteiger charge is -2.22. The van der Waals surface area contributed by atoms with Gasteiger partial charge in [-0.3, -0.25) is 14.4 Å². The molecule has 0 fully saturated rings. The summed E-state index contributed by atoms with van der Waals surface area (Å²) in [5.41, 5.74) is 0.562. The molecule has 302 valence electrons. The Bertz CT molecular complexity index is 994. The molecule has 0 N–H and O–H groups in total. The van der Waals surface area contributed by atoms with Crippen LogP contribution in [0.3, 0.4) is 0 Å². The molecule has 53 heavy (non-hydrogen) atoms. The Balaban J connectivity index is 2.16. The van der Waals surface area contributed by atoms with Gasteiger partial charge in [-0.1, -0.05) is 159 Å². The summed E-state index contributed by atoms with van der Waals surface area (Å²) in [6, 6.07) is 9.06. The Morgan fingerprint density at radius 3 is 1.19 bits per heavy atom. The lowest BCUT2D eigenvalue weighted by atomic mass is 10.1. The third-order valence-electron chi connectivity index (χ3n) is 9.84. The minimum Gasteiger partial charge on any atom is -0.464 e. The van der Waals surface area contributed by atoms with E-state index in [4.69, 9.17) is 9.47 Å². The predicted molar refractivity (Wildman–Crippen MR) is 223 cm³/mol. The van der Waals surface area contributed by atoms with Crippen molar-refractivity contribution in [3.8, 4) is 0 Å². The molecule has 1 aromatic rings. The van der Waals surface area contributed by atoms with Gasteiger partial charge in [-0.25, -0.2) is 0 Å². The van der Waals surface area contributed by atoms with E-state index < -0.39 is 0 Å². The summed E-state index contributed by atoms with van der Waals surface area (Å²) >= 11 is 0.